The second-order valence-corrected chi connectivity index (χ2v) is 5.23. The van der Waals surface area contributed by atoms with E-state index >= 15 is 0 Å². The molecule has 1 aromatic heterocycles. The summed E-state index contributed by atoms with van der Waals surface area (Å²) >= 11 is 3.39. The summed E-state index contributed by atoms with van der Waals surface area (Å²) in [6.07, 6.45) is 3.76. The molecule has 0 amide bonds. The predicted octanol–water partition coefficient (Wildman–Crippen LogP) is 3.24. The molecule has 0 aliphatic carbocycles. The van der Waals surface area contributed by atoms with Crippen LogP contribution in [0.1, 0.15) is 33.3 Å². The third kappa shape index (κ3) is 3.74. The standard InChI is InChI=1S/C12H20BrN3/c1-9(2)8-16(10(3)4)12-14-6-11(5-13)7-15-12/h6-7,9-10H,5,8H2,1-4H3. The van der Waals surface area contributed by atoms with Crippen molar-refractivity contribution in [3.8, 4) is 0 Å². The topological polar surface area (TPSA) is 29.0 Å². The summed E-state index contributed by atoms with van der Waals surface area (Å²) in [7, 11) is 0. The lowest BCUT2D eigenvalue weighted by atomic mass is 10.2. The van der Waals surface area contributed by atoms with Crippen LogP contribution in [0.2, 0.25) is 0 Å². The Morgan fingerprint density at radius 3 is 2.12 bits per heavy atom. The van der Waals surface area contributed by atoms with E-state index in [-0.39, 0.29) is 0 Å². The first kappa shape index (κ1) is 13.4. The molecule has 0 saturated carbocycles. The summed E-state index contributed by atoms with van der Waals surface area (Å²) < 4.78 is 0. The van der Waals surface area contributed by atoms with Crippen LogP contribution in [-0.2, 0) is 5.33 Å². The third-order valence-electron chi connectivity index (χ3n) is 2.29. The van der Waals surface area contributed by atoms with Crippen molar-refractivity contribution >= 4 is 21.9 Å². The number of alkyl halides is 1. The van der Waals surface area contributed by atoms with E-state index in [9.17, 15) is 0 Å². The highest BCUT2D eigenvalue weighted by Gasteiger charge is 2.14. The Bertz CT molecular complexity index is 309. The van der Waals surface area contributed by atoms with Crippen LogP contribution in [0.5, 0.6) is 0 Å². The molecule has 0 N–H and O–H groups in total. The van der Waals surface area contributed by atoms with Gasteiger partial charge in [-0.3, -0.25) is 0 Å². The zero-order chi connectivity index (χ0) is 12.1. The van der Waals surface area contributed by atoms with Crippen molar-refractivity contribution in [1.29, 1.82) is 0 Å². The van der Waals surface area contributed by atoms with Crippen LogP contribution in [0.4, 0.5) is 5.95 Å². The highest BCUT2D eigenvalue weighted by molar-refractivity contribution is 9.08. The molecule has 0 unspecified atom stereocenters. The molecule has 1 heterocycles. The summed E-state index contributed by atoms with van der Waals surface area (Å²) in [6, 6.07) is 0.428. The quantitative estimate of drug-likeness (QED) is 0.778. The second kappa shape index (κ2) is 6.18. The zero-order valence-corrected chi connectivity index (χ0v) is 12.0. The summed E-state index contributed by atoms with van der Waals surface area (Å²) in [4.78, 5) is 11.1. The van der Waals surface area contributed by atoms with Crippen molar-refractivity contribution in [2.24, 2.45) is 5.92 Å². The van der Waals surface area contributed by atoms with E-state index in [1.165, 1.54) is 0 Å². The lowest BCUT2D eigenvalue weighted by Crippen LogP contribution is -2.35. The Morgan fingerprint density at radius 1 is 1.19 bits per heavy atom. The van der Waals surface area contributed by atoms with E-state index in [2.05, 4.69) is 58.5 Å². The van der Waals surface area contributed by atoms with E-state index in [0.29, 0.717) is 12.0 Å². The van der Waals surface area contributed by atoms with E-state index < -0.39 is 0 Å². The van der Waals surface area contributed by atoms with Crippen molar-refractivity contribution in [2.45, 2.75) is 39.1 Å². The molecule has 0 atom stereocenters. The van der Waals surface area contributed by atoms with Gasteiger partial charge in [0.1, 0.15) is 0 Å². The van der Waals surface area contributed by atoms with Gasteiger partial charge in [0.25, 0.3) is 0 Å². The van der Waals surface area contributed by atoms with Crippen molar-refractivity contribution in [2.75, 3.05) is 11.4 Å². The van der Waals surface area contributed by atoms with Gasteiger partial charge in [-0.05, 0) is 25.3 Å². The van der Waals surface area contributed by atoms with Gasteiger partial charge >= 0.3 is 0 Å². The normalized spacial score (nSPS) is 11.2. The summed E-state index contributed by atoms with van der Waals surface area (Å²) in [5.74, 6) is 1.44. The van der Waals surface area contributed by atoms with Gasteiger partial charge < -0.3 is 4.90 Å². The number of halogens is 1. The van der Waals surface area contributed by atoms with Gasteiger partial charge in [0, 0.05) is 30.3 Å². The van der Waals surface area contributed by atoms with Gasteiger partial charge in [0.2, 0.25) is 5.95 Å². The molecule has 0 aliphatic rings. The van der Waals surface area contributed by atoms with Crippen LogP contribution in [0.25, 0.3) is 0 Å². The molecule has 0 saturated heterocycles. The van der Waals surface area contributed by atoms with Gasteiger partial charge in [0.15, 0.2) is 0 Å². The maximum Gasteiger partial charge on any atom is 0.225 e. The van der Waals surface area contributed by atoms with E-state index in [1.807, 2.05) is 12.4 Å². The Labute approximate surface area is 106 Å². The zero-order valence-electron chi connectivity index (χ0n) is 10.4. The van der Waals surface area contributed by atoms with E-state index in [4.69, 9.17) is 0 Å². The van der Waals surface area contributed by atoms with Crippen LogP contribution in [0.3, 0.4) is 0 Å². The van der Waals surface area contributed by atoms with Crippen molar-refractivity contribution in [1.82, 2.24) is 9.97 Å². The maximum atomic E-state index is 4.41. The number of hydrogen-bond donors (Lipinski definition) is 0. The summed E-state index contributed by atoms with van der Waals surface area (Å²) in [5.41, 5.74) is 1.11. The molecule has 0 aliphatic heterocycles. The van der Waals surface area contributed by atoms with Gasteiger partial charge in [-0.2, -0.15) is 0 Å². The maximum absolute atomic E-state index is 4.41. The predicted molar refractivity (Wildman–Crippen MR) is 72.0 cm³/mol. The molecule has 0 radical (unpaired) electrons. The van der Waals surface area contributed by atoms with Crippen molar-refractivity contribution < 1.29 is 0 Å². The molecule has 0 fully saturated rings. The van der Waals surface area contributed by atoms with Gasteiger partial charge in [0.05, 0.1) is 0 Å². The molecule has 0 aromatic carbocycles. The van der Waals surface area contributed by atoms with Gasteiger partial charge in [-0.15, -0.1) is 0 Å². The molecular weight excluding hydrogens is 266 g/mol. The summed E-state index contributed by atoms with van der Waals surface area (Å²) in [5, 5.41) is 0.805. The lowest BCUT2D eigenvalue weighted by molar-refractivity contribution is 0.560. The Hall–Kier alpha value is -0.640. The van der Waals surface area contributed by atoms with Crippen LogP contribution < -0.4 is 4.90 Å². The summed E-state index contributed by atoms with van der Waals surface area (Å²) in [6.45, 7) is 9.75. The third-order valence-corrected chi connectivity index (χ3v) is 2.94. The van der Waals surface area contributed by atoms with Crippen molar-refractivity contribution in [3.63, 3.8) is 0 Å². The van der Waals surface area contributed by atoms with Crippen LogP contribution >= 0.6 is 15.9 Å². The minimum atomic E-state index is 0.428. The molecule has 16 heavy (non-hydrogen) atoms. The van der Waals surface area contributed by atoms with Gasteiger partial charge in [-0.1, -0.05) is 29.8 Å². The SMILES string of the molecule is CC(C)CN(c1ncc(CBr)cn1)C(C)C. The molecule has 1 rings (SSSR count). The molecule has 3 nitrogen and oxygen atoms in total. The smallest absolute Gasteiger partial charge is 0.225 e. The van der Waals surface area contributed by atoms with Crippen LogP contribution in [-0.4, -0.2) is 22.6 Å². The van der Waals surface area contributed by atoms with Crippen LogP contribution in [0, 0.1) is 5.92 Å². The number of aromatic nitrogens is 2. The average Bonchev–Trinajstić information content (AvgIpc) is 2.25. The average molecular weight is 286 g/mol. The Kier molecular flexibility index (Phi) is 5.19. The van der Waals surface area contributed by atoms with E-state index in [0.717, 1.165) is 23.4 Å². The lowest BCUT2D eigenvalue weighted by Gasteiger charge is -2.28. The first-order valence-corrected chi connectivity index (χ1v) is 6.80. The fourth-order valence-electron chi connectivity index (χ4n) is 1.48. The second-order valence-electron chi connectivity index (χ2n) is 4.66. The molecule has 4 heteroatoms. The number of nitrogens with zero attached hydrogens (tertiary/aromatic N) is 3. The molecule has 0 bridgehead atoms. The first-order chi connectivity index (χ1) is 7.54. The molecular formula is C12H20BrN3. The minimum Gasteiger partial charge on any atom is -0.338 e. The molecule has 0 spiro atoms. The largest absolute Gasteiger partial charge is 0.338 e. The monoisotopic (exact) mass is 285 g/mol. The highest BCUT2D eigenvalue weighted by Crippen LogP contribution is 2.14. The van der Waals surface area contributed by atoms with E-state index in [1.54, 1.807) is 0 Å². The fraction of sp³-hybridized carbons (Fsp3) is 0.667. The molecule has 90 valence electrons. The first-order valence-electron chi connectivity index (χ1n) is 5.68. The highest BCUT2D eigenvalue weighted by atomic mass is 79.9. The van der Waals surface area contributed by atoms with Gasteiger partial charge in [-0.25, -0.2) is 9.97 Å². The fourth-order valence-corrected chi connectivity index (χ4v) is 1.77. The number of hydrogen-bond acceptors (Lipinski definition) is 3. The number of rotatable bonds is 5. The minimum absolute atomic E-state index is 0.428. The van der Waals surface area contributed by atoms with Crippen LogP contribution in [0.15, 0.2) is 12.4 Å². The number of anilines is 1. The Balaban J connectivity index is 2.84. The molecule has 1 aromatic rings. The Morgan fingerprint density at radius 2 is 1.75 bits per heavy atom. The van der Waals surface area contributed by atoms with Crippen molar-refractivity contribution in [3.05, 3.63) is 18.0 Å².